The number of carboxylic acid groups (broad SMARTS) is 1. The van der Waals surface area contributed by atoms with Crippen molar-refractivity contribution in [2.24, 2.45) is 0 Å². The zero-order valence-corrected chi connectivity index (χ0v) is 9.34. The summed E-state index contributed by atoms with van der Waals surface area (Å²) in [6.45, 7) is 0. The summed E-state index contributed by atoms with van der Waals surface area (Å²) in [5.74, 6) is -2.88. The fourth-order valence-corrected chi connectivity index (χ4v) is 1.66. The van der Waals surface area contributed by atoms with Crippen LogP contribution in [0.4, 0.5) is 0 Å². The van der Waals surface area contributed by atoms with Gasteiger partial charge in [0.25, 0.3) is 0 Å². The van der Waals surface area contributed by atoms with Crippen LogP contribution in [-0.4, -0.2) is 46.9 Å². The number of esters is 1. The van der Waals surface area contributed by atoms with Crippen LogP contribution < -0.4 is 0 Å². The molecule has 1 aliphatic heterocycles. The average molecular weight is 243 g/mol. The van der Waals surface area contributed by atoms with Crippen LogP contribution in [0, 0.1) is 0 Å². The molecule has 1 atom stereocenters. The first-order chi connectivity index (χ1) is 7.97. The van der Waals surface area contributed by atoms with Gasteiger partial charge in [-0.05, 0) is 6.42 Å². The topological polar surface area (TPSA) is 101 Å². The summed E-state index contributed by atoms with van der Waals surface area (Å²) in [6.07, 6.45) is -0.217. The van der Waals surface area contributed by atoms with E-state index < -0.39 is 29.8 Å². The Kier molecular flexibility index (Phi) is 4.19. The van der Waals surface area contributed by atoms with Gasteiger partial charge in [0.05, 0.1) is 7.11 Å². The Morgan fingerprint density at radius 1 is 1.35 bits per heavy atom. The van der Waals surface area contributed by atoms with Crippen molar-refractivity contribution in [3.63, 3.8) is 0 Å². The van der Waals surface area contributed by atoms with Crippen molar-refractivity contribution in [3.05, 3.63) is 0 Å². The van der Waals surface area contributed by atoms with E-state index in [1.807, 2.05) is 0 Å². The summed E-state index contributed by atoms with van der Waals surface area (Å²) in [7, 11) is 1.18. The predicted molar refractivity (Wildman–Crippen MR) is 53.8 cm³/mol. The highest BCUT2D eigenvalue weighted by atomic mass is 16.5. The number of imide groups is 1. The molecule has 0 aromatic rings. The first kappa shape index (κ1) is 13.1. The molecule has 0 saturated carbocycles. The van der Waals surface area contributed by atoms with Gasteiger partial charge in [-0.25, -0.2) is 4.79 Å². The monoisotopic (exact) mass is 243 g/mol. The number of carboxylic acids is 1. The second-order valence-electron chi connectivity index (χ2n) is 3.63. The van der Waals surface area contributed by atoms with Crippen molar-refractivity contribution in [3.8, 4) is 0 Å². The lowest BCUT2D eigenvalue weighted by atomic mass is 10.1. The molecule has 94 valence electrons. The van der Waals surface area contributed by atoms with Gasteiger partial charge >= 0.3 is 11.9 Å². The van der Waals surface area contributed by atoms with E-state index in [9.17, 15) is 19.2 Å². The van der Waals surface area contributed by atoms with E-state index in [-0.39, 0.29) is 25.7 Å². The molecule has 0 aliphatic carbocycles. The number of carbonyl (C=O) groups is 4. The van der Waals surface area contributed by atoms with Crippen molar-refractivity contribution < 1.29 is 29.0 Å². The van der Waals surface area contributed by atoms with Crippen molar-refractivity contribution in [1.82, 2.24) is 4.90 Å². The van der Waals surface area contributed by atoms with E-state index in [4.69, 9.17) is 5.11 Å². The number of carbonyl (C=O) groups excluding carboxylic acids is 3. The summed E-state index contributed by atoms with van der Waals surface area (Å²) in [4.78, 5) is 45.4. The van der Waals surface area contributed by atoms with E-state index in [0.29, 0.717) is 0 Å². The van der Waals surface area contributed by atoms with E-state index in [0.717, 1.165) is 4.90 Å². The quantitative estimate of drug-likeness (QED) is 0.518. The van der Waals surface area contributed by atoms with Gasteiger partial charge in [-0.15, -0.1) is 0 Å². The standard InChI is InChI=1S/C10H13NO6/c1-17-9(14)5-2-6(10(15)16)11-7(12)3-4-8(11)13/h6H,2-5H2,1H3,(H,15,16). The molecule has 0 bridgehead atoms. The van der Waals surface area contributed by atoms with E-state index in [1.54, 1.807) is 0 Å². The maximum atomic E-state index is 11.4. The van der Waals surface area contributed by atoms with Gasteiger partial charge in [0.2, 0.25) is 11.8 Å². The molecule has 7 nitrogen and oxygen atoms in total. The van der Waals surface area contributed by atoms with Gasteiger partial charge in [0.1, 0.15) is 6.04 Å². The number of likely N-dealkylation sites (tertiary alicyclic amines) is 1. The Morgan fingerprint density at radius 2 is 1.88 bits per heavy atom. The summed E-state index contributed by atoms with van der Waals surface area (Å²) in [6, 6.07) is -1.28. The summed E-state index contributed by atoms with van der Waals surface area (Å²) >= 11 is 0. The van der Waals surface area contributed by atoms with Crippen molar-refractivity contribution in [1.29, 1.82) is 0 Å². The lowest BCUT2D eigenvalue weighted by Crippen LogP contribution is -2.44. The van der Waals surface area contributed by atoms with Crippen LogP contribution in [0.25, 0.3) is 0 Å². The molecular formula is C10H13NO6. The fourth-order valence-electron chi connectivity index (χ4n) is 1.66. The molecule has 1 saturated heterocycles. The minimum absolute atomic E-state index is 0.0286. The molecule has 7 heteroatoms. The lowest BCUT2D eigenvalue weighted by molar-refractivity contribution is -0.155. The van der Waals surface area contributed by atoms with Crippen molar-refractivity contribution in [2.75, 3.05) is 7.11 Å². The van der Waals surface area contributed by atoms with E-state index in [1.165, 1.54) is 7.11 Å². The van der Waals surface area contributed by atoms with Crippen LogP contribution in [-0.2, 0) is 23.9 Å². The SMILES string of the molecule is COC(=O)CCC(C(=O)O)N1C(=O)CCC1=O. The van der Waals surface area contributed by atoms with Crippen LogP contribution in [0.15, 0.2) is 0 Å². The highest BCUT2D eigenvalue weighted by Crippen LogP contribution is 2.18. The Bertz CT molecular complexity index is 348. The average Bonchev–Trinajstić information content (AvgIpc) is 2.60. The van der Waals surface area contributed by atoms with Gasteiger partial charge in [-0.1, -0.05) is 0 Å². The van der Waals surface area contributed by atoms with Gasteiger partial charge in [-0.2, -0.15) is 0 Å². The molecule has 0 aromatic heterocycles. The molecule has 2 amide bonds. The lowest BCUT2D eigenvalue weighted by Gasteiger charge is -2.21. The maximum absolute atomic E-state index is 11.4. The number of aliphatic carboxylic acids is 1. The molecule has 0 aromatic carbocycles. The summed E-state index contributed by atoms with van der Waals surface area (Å²) in [5.41, 5.74) is 0. The Morgan fingerprint density at radius 3 is 2.29 bits per heavy atom. The number of hydrogen-bond donors (Lipinski definition) is 1. The third kappa shape index (κ3) is 3.02. The van der Waals surface area contributed by atoms with Gasteiger partial charge in [-0.3, -0.25) is 19.3 Å². The molecular weight excluding hydrogens is 230 g/mol. The Labute approximate surface area is 97.3 Å². The van der Waals surface area contributed by atoms with Crippen LogP contribution >= 0.6 is 0 Å². The Hall–Kier alpha value is -1.92. The second-order valence-corrected chi connectivity index (χ2v) is 3.63. The predicted octanol–water partition coefficient (Wildman–Crippen LogP) is -0.458. The largest absolute Gasteiger partial charge is 0.480 e. The molecule has 1 heterocycles. The number of ether oxygens (including phenoxy) is 1. The Balaban J connectivity index is 2.72. The van der Waals surface area contributed by atoms with Crippen LogP contribution in [0.3, 0.4) is 0 Å². The molecule has 1 fully saturated rings. The van der Waals surface area contributed by atoms with Gasteiger partial charge in [0, 0.05) is 19.3 Å². The highest BCUT2D eigenvalue weighted by molar-refractivity contribution is 6.04. The second kappa shape index (κ2) is 5.42. The molecule has 1 aliphatic rings. The molecule has 17 heavy (non-hydrogen) atoms. The first-order valence-electron chi connectivity index (χ1n) is 5.12. The molecule has 0 radical (unpaired) electrons. The van der Waals surface area contributed by atoms with E-state index in [2.05, 4.69) is 4.74 Å². The first-order valence-corrected chi connectivity index (χ1v) is 5.12. The summed E-state index contributed by atoms with van der Waals surface area (Å²) < 4.78 is 4.38. The zero-order valence-electron chi connectivity index (χ0n) is 9.34. The maximum Gasteiger partial charge on any atom is 0.326 e. The van der Waals surface area contributed by atoms with Crippen LogP contribution in [0.5, 0.6) is 0 Å². The molecule has 0 spiro atoms. The minimum atomic E-state index is -1.29. The summed E-state index contributed by atoms with van der Waals surface area (Å²) in [5, 5.41) is 8.96. The number of rotatable bonds is 5. The third-order valence-corrected chi connectivity index (χ3v) is 2.54. The van der Waals surface area contributed by atoms with E-state index >= 15 is 0 Å². The smallest absolute Gasteiger partial charge is 0.326 e. The van der Waals surface area contributed by atoms with Crippen molar-refractivity contribution in [2.45, 2.75) is 31.7 Å². The third-order valence-electron chi connectivity index (χ3n) is 2.54. The number of methoxy groups -OCH3 is 1. The minimum Gasteiger partial charge on any atom is -0.480 e. The van der Waals surface area contributed by atoms with Crippen molar-refractivity contribution >= 4 is 23.8 Å². The molecule has 1 rings (SSSR count). The fraction of sp³-hybridized carbons (Fsp3) is 0.600. The zero-order chi connectivity index (χ0) is 13.0. The number of nitrogens with zero attached hydrogens (tertiary/aromatic N) is 1. The normalized spacial score (nSPS) is 17.1. The van der Waals surface area contributed by atoms with Gasteiger partial charge < -0.3 is 9.84 Å². The highest BCUT2D eigenvalue weighted by Gasteiger charge is 2.38. The number of amides is 2. The molecule has 1 N–H and O–H groups in total. The van der Waals surface area contributed by atoms with Crippen LogP contribution in [0.2, 0.25) is 0 Å². The molecule has 1 unspecified atom stereocenters. The van der Waals surface area contributed by atoms with Crippen LogP contribution in [0.1, 0.15) is 25.7 Å². The number of hydrogen-bond acceptors (Lipinski definition) is 5. The van der Waals surface area contributed by atoms with Gasteiger partial charge in [0.15, 0.2) is 0 Å².